The average molecular weight is 451 g/mol. The Hall–Kier alpha value is -3.24. The second kappa shape index (κ2) is 8.12. The van der Waals surface area contributed by atoms with Gasteiger partial charge in [0.15, 0.2) is 5.16 Å². The van der Waals surface area contributed by atoms with Crippen molar-refractivity contribution in [3.8, 4) is 10.9 Å². The Morgan fingerprint density at radius 3 is 2.68 bits per heavy atom. The van der Waals surface area contributed by atoms with E-state index in [1.165, 1.54) is 23.1 Å². The fourth-order valence-corrected chi connectivity index (χ4v) is 5.08. The zero-order valence-corrected chi connectivity index (χ0v) is 18.5. The molecular weight excluding hydrogens is 432 g/mol. The van der Waals surface area contributed by atoms with Crippen LogP contribution in [0.4, 0.5) is 0 Å². The van der Waals surface area contributed by atoms with E-state index < -0.39 is 0 Å². The van der Waals surface area contributed by atoms with Crippen LogP contribution in [0.5, 0.6) is 5.19 Å². The Labute approximate surface area is 185 Å². The number of hydrogen-bond acceptors (Lipinski definition) is 8. The molecule has 3 aromatic heterocycles. The molecule has 3 heterocycles. The topological polar surface area (TPSA) is 87.2 Å². The first-order valence-electron chi connectivity index (χ1n) is 9.70. The van der Waals surface area contributed by atoms with Gasteiger partial charge in [-0.1, -0.05) is 53.4 Å². The van der Waals surface area contributed by atoms with Crippen molar-refractivity contribution in [1.29, 1.82) is 0 Å². The molecule has 31 heavy (non-hydrogen) atoms. The van der Waals surface area contributed by atoms with Gasteiger partial charge < -0.3 is 4.74 Å². The van der Waals surface area contributed by atoms with E-state index >= 15 is 0 Å². The lowest BCUT2D eigenvalue weighted by Gasteiger charge is -2.13. The van der Waals surface area contributed by atoms with Crippen molar-refractivity contribution in [1.82, 2.24) is 29.4 Å². The van der Waals surface area contributed by atoms with Gasteiger partial charge in [-0.25, -0.2) is 4.57 Å². The number of thioether (sulfide) groups is 1. The van der Waals surface area contributed by atoms with Crippen molar-refractivity contribution in [2.75, 3.05) is 6.61 Å². The maximum Gasteiger partial charge on any atom is 0.294 e. The molecule has 5 aromatic rings. The molecular formula is C21H18N6O2S2. The monoisotopic (exact) mass is 450 g/mol. The van der Waals surface area contributed by atoms with E-state index in [9.17, 15) is 4.79 Å². The molecule has 5 rings (SSSR count). The normalized spacial score (nSPS) is 11.4. The molecule has 156 valence electrons. The van der Waals surface area contributed by atoms with Crippen molar-refractivity contribution in [2.45, 2.75) is 24.8 Å². The van der Waals surface area contributed by atoms with Crippen LogP contribution >= 0.6 is 23.1 Å². The Kier molecular flexibility index (Phi) is 5.16. The Bertz CT molecular complexity index is 1460. The van der Waals surface area contributed by atoms with Crippen molar-refractivity contribution in [3.63, 3.8) is 0 Å². The molecule has 0 fully saturated rings. The predicted octanol–water partition coefficient (Wildman–Crippen LogP) is 3.88. The number of aromatic nitrogens is 6. The van der Waals surface area contributed by atoms with Crippen LogP contribution in [0.15, 0.2) is 58.5 Å². The van der Waals surface area contributed by atoms with Crippen LogP contribution in [0.3, 0.4) is 0 Å². The third-order valence-electron chi connectivity index (χ3n) is 4.79. The summed E-state index contributed by atoms with van der Waals surface area (Å²) in [6.45, 7) is 4.45. The van der Waals surface area contributed by atoms with E-state index in [-0.39, 0.29) is 5.56 Å². The highest BCUT2D eigenvalue weighted by Crippen LogP contribution is 2.28. The van der Waals surface area contributed by atoms with E-state index in [1.54, 1.807) is 4.57 Å². The molecule has 0 amide bonds. The number of hydrogen-bond donors (Lipinski definition) is 0. The molecule has 0 unspecified atom stereocenters. The Balaban J connectivity index is 1.66. The van der Waals surface area contributed by atoms with Crippen LogP contribution in [-0.2, 0) is 5.75 Å². The molecule has 0 saturated heterocycles. The zero-order chi connectivity index (χ0) is 21.4. The van der Waals surface area contributed by atoms with E-state index in [0.717, 1.165) is 21.8 Å². The molecule has 0 radical (unpaired) electrons. The number of benzene rings is 2. The number of ether oxygens (including phenoxy) is 1. The van der Waals surface area contributed by atoms with Crippen LogP contribution in [0.1, 0.15) is 17.5 Å². The second-order valence-corrected chi connectivity index (χ2v) is 8.71. The minimum Gasteiger partial charge on any atom is -0.469 e. The summed E-state index contributed by atoms with van der Waals surface area (Å²) in [6, 6.07) is 15.3. The molecule has 2 aromatic carbocycles. The van der Waals surface area contributed by atoms with Crippen LogP contribution in [0.25, 0.3) is 22.4 Å². The SMILES string of the molecule is CCOc1nnc(CSc2nnc3n(-c4ccccc4C)c(=O)c4ccccc4n23)s1. The molecule has 10 heteroatoms. The van der Waals surface area contributed by atoms with Gasteiger partial charge >= 0.3 is 0 Å². The smallest absolute Gasteiger partial charge is 0.294 e. The lowest BCUT2D eigenvalue weighted by molar-refractivity contribution is 0.335. The summed E-state index contributed by atoms with van der Waals surface area (Å²) in [4.78, 5) is 13.4. The summed E-state index contributed by atoms with van der Waals surface area (Å²) in [5, 5.41) is 19.7. The number of nitrogens with zero attached hydrogens (tertiary/aromatic N) is 6. The molecule has 0 atom stereocenters. The highest BCUT2D eigenvalue weighted by atomic mass is 32.2. The Morgan fingerprint density at radius 2 is 1.84 bits per heavy atom. The van der Waals surface area contributed by atoms with Gasteiger partial charge in [0.2, 0.25) is 5.78 Å². The molecule has 0 saturated carbocycles. The molecule has 0 N–H and O–H groups in total. The lowest BCUT2D eigenvalue weighted by atomic mass is 10.2. The van der Waals surface area contributed by atoms with Gasteiger partial charge in [-0.2, -0.15) is 0 Å². The quantitative estimate of drug-likeness (QED) is 0.363. The number of aryl methyl sites for hydroxylation is 1. The van der Waals surface area contributed by atoms with E-state index in [1.807, 2.05) is 66.8 Å². The first-order valence-corrected chi connectivity index (χ1v) is 11.5. The average Bonchev–Trinajstić information content (AvgIpc) is 3.41. The first kappa shape index (κ1) is 19.7. The maximum absolute atomic E-state index is 13.4. The van der Waals surface area contributed by atoms with E-state index in [0.29, 0.717) is 33.9 Å². The van der Waals surface area contributed by atoms with Crippen molar-refractivity contribution in [2.24, 2.45) is 0 Å². The third kappa shape index (κ3) is 3.47. The molecule has 0 spiro atoms. The highest BCUT2D eigenvalue weighted by Gasteiger charge is 2.19. The van der Waals surface area contributed by atoms with Crippen molar-refractivity contribution in [3.05, 3.63) is 69.5 Å². The maximum atomic E-state index is 13.4. The van der Waals surface area contributed by atoms with Crippen molar-refractivity contribution < 1.29 is 4.74 Å². The summed E-state index contributed by atoms with van der Waals surface area (Å²) >= 11 is 2.91. The van der Waals surface area contributed by atoms with Gasteiger partial charge in [-0.05, 0) is 37.6 Å². The molecule has 0 aliphatic rings. The summed E-state index contributed by atoms with van der Waals surface area (Å²) in [6.07, 6.45) is 0. The molecule has 0 aliphatic carbocycles. The minimum absolute atomic E-state index is 0.119. The molecule has 8 nitrogen and oxygen atoms in total. The van der Waals surface area contributed by atoms with Crippen LogP contribution < -0.4 is 10.3 Å². The van der Waals surface area contributed by atoms with E-state index in [4.69, 9.17) is 4.74 Å². The van der Waals surface area contributed by atoms with Gasteiger partial charge in [0.1, 0.15) is 5.01 Å². The zero-order valence-electron chi connectivity index (χ0n) is 16.8. The predicted molar refractivity (Wildman–Crippen MR) is 121 cm³/mol. The minimum atomic E-state index is -0.119. The lowest BCUT2D eigenvalue weighted by Crippen LogP contribution is -2.22. The van der Waals surface area contributed by atoms with Crippen LogP contribution in [0, 0.1) is 6.92 Å². The fourth-order valence-electron chi connectivity index (χ4n) is 3.41. The van der Waals surface area contributed by atoms with Gasteiger partial charge in [0, 0.05) is 0 Å². The van der Waals surface area contributed by atoms with Gasteiger partial charge in [0.25, 0.3) is 10.8 Å². The summed E-state index contributed by atoms with van der Waals surface area (Å²) < 4.78 is 8.97. The third-order valence-corrected chi connectivity index (χ3v) is 6.75. The fraction of sp³-hybridized carbons (Fsp3) is 0.190. The van der Waals surface area contributed by atoms with Gasteiger partial charge in [0.05, 0.1) is 29.0 Å². The van der Waals surface area contributed by atoms with Crippen LogP contribution in [-0.4, -0.2) is 36.0 Å². The van der Waals surface area contributed by atoms with Gasteiger partial charge in [-0.15, -0.1) is 20.4 Å². The number of fused-ring (bicyclic) bond motifs is 3. The van der Waals surface area contributed by atoms with Crippen LogP contribution in [0.2, 0.25) is 0 Å². The first-order chi connectivity index (χ1) is 15.2. The highest BCUT2D eigenvalue weighted by molar-refractivity contribution is 7.98. The summed E-state index contributed by atoms with van der Waals surface area (Å²) in [7, 11) is 0. The van der Waals surface area contributed by atoms with Gasteiger partial charge in [-0.3, -0.25) is 9.20 Å². The standard InChI is InChI=1S/C21H18N6O2S2/c1-3-29-21-25-22-17(31-21)12-30-20-24-23-19-26(15-10-6-4-8-13(15)2)18(28)14-9-5-7-11-16(14)27(19)20/h4-11H,3,12H2,1-2H3. The summed E-state index contributed by atoms with van der Waals surface area (Å²) in [5.74, 6) is 1.05. The number of rotatable bonds is 6. The number of para-hydroxylation sites is 2. The van der Waals surface area contributed by atoms with Crippen molar-refractivity contribution >= 4 is 39.8 Å². The largest absolute Gasteiger partial charge is 0.469 e. The second-order valence-electron chi connectivity index (χ2n) is 6.75. The molecule has 0 aliphatic heterocycles. The Morgan fingerprint density at radius 1 is 1.03 bits per heavy atom. The van der Waals surface area contributed by atoms with E-state index in [2.05, 4.69) is 20.4 Å². The molecule has 0 bridgehead atoms. The summed E-state index contributed by atoms with van der Waals surface area (Å²) in [5.41, 5.74) is 2.42.